The van der Waals surface area contributed by atoms with Crippen LogP contribution in [0.5, 0.6) is 11.5 Å². The fraction of sp³-hybridized carbons (Fsp3) is 0.562. The maximum absolute atomic E-state index is 12.2. The van der Waals surface area contributed by atoms with Gasteiger partial charge in [-0.2, -0.15) is 0 Å². The van der Waals surface area contributed by atoms with Gasteiger partial charge < -0.3 is 19.1 Å². The maximum Gasteiger partial charge on any atom is 0.410 e. The third kappa shape index (κ3) is 3.60. The molecule has 116 valence electrons. The Hall–Kier alpha value is -1.91. The van der Waals surface area contributed by atoms with Gasteiger partial charge in [0.25, 0.3) is 0 Å². The number of methoxy groups -OCH3 is 2. The minimum atomic E-state index is -0.483. The molecule has 0 fully saturated rings. The van der Waals surface area contributed by atoms with Crippen molar-refractivity contribution in [3.63, 3.8) is 0 Å². The van der Waals surface area contributed by atoms with E-state index in [1.54, 1.807) is 19.1 Å². The van der Waals surface area contributed by atoms with Crippen LogP contribution in [0.4, 0.5) is 4.79 Å². The number of hydrogen-bond donors (Lipinski definition) is 0. The SMILES string of the molecule is COc1cc2c(c(OC)c1)CCN(C(=O)OC(C)(C)C)C2. The molecule has 1 aliphatic rings. The predicted molar refractivity (Wildman–Crippen MR) is 79.9 cm³/mol. The quantitative estimate of drug-likeness (QED) is 0.841. The summed E-state index contributed by atoms with van der Waals surface area (Å²) in [6.07, 6.45) is 0.469. The number of hydrogen-bond acceptors (Lipinski definition) is 4. The molecule has 0 radical (unpaired) electrons. The van der Waals surface area contributed by atoms with Gasteiger partial charge in [0.2, 0.25) is 0 Å². The van der Waals surface area contributed by atoms with E-state index >= 15 is 0 Å². The number of nitrogens with zero attached hydrogens (tertiary/aromatic N) is 1. The lowest BCUT2D eigenvalue weighted by atomic mass is 9.98. The monoisotopic (exact) mass is 293 g/mol. The Kier molecular flexibility index (Phi) is 4.30. The molecule has 0 bridgehead atoms. The standard InChI is InChI=1S/C16H23NO4/c1-16(2,3)21-15(18)17-7-6-13-11(10-17)8-12(19-4)9-14(13)20-5/h8-9H,6-7,10H2,1-5H3. The molecule has 5 heteroatoms. The first-order valence-electron chi connectivity index (χ1n) is 7.05. The average Bonchev–Trinajstić information content (AvgIpc) is 2.43. The fourth-order valence-corrected chi connectivity index (χ4v) is 2.41. The molecule has 0 unspecified atom stereocenters. The van der Waals surface area contributed by atoms with Crippen LogP contribution < -0.4 is 9.47 Å². The summed E-state index contributed by atoms with van der Waals surface area (Å²) in [5.74, 6) is 1.55. The van der Waals surface area contributed by atoms with E-state index in [2.05, 4.69) is 0 Å². The zero-order valence-corrected chi connectivity index (χ0v) is 13.4. The van der Waals surface area contributed by atoms with E-state index in [1.807, 2.05) is 32.9 Å². The molecule has 0 N–H and O–H groups in total. The maximum atomic E-state index is 12.2. The van der Waals surface area contributed by atoms with Gasteiger partial charge in [-0.05, 0) is 38.8 Å². The molecule has 0 atom stereocenters. The molecule has 1 aliphatic heterocycles. The van der Waals surface area contributed by atoms with Gasteiger partial charge in [-0.25, -0.2) is 4.79 Å². The average molecular weight is 293 g/mol. The Labute approximate surface area is 125 Å². The summed E-state index contributed by atoms with van der Waals surface area (Å²) < 4.78 is 16.1. The summed E-state index contributed by atoms with van der Waals surface area (Å²) >= 11 is 0. The molecular weight excluding hydrogens is 270 g/mol. The van der Waals surface area contributed by atoms with Crippen LogP contribution in [0.1, 0.15) is 31.9 Å². The summed E-state index contributed by atoms with van der Waals surface area (Å²) in [4.78, 5) is 13.9. The molecule has 1 aromatic carbocycles. The molecule has 1 aromatic rings. The summed E-state index contributed by atoms with van der Waals surface area (Å²) in [6, 6.07) is 3.83. The molecule has 0 saturated heterocycles. The van der Waals surface area contributed by atoms with Crippen molar-refractivity contribution in [3.8, 4) is 11.5 Å². The molecule has 0 aliphatic carbocycles. The summed E-state index contributed by atoms with van der Waals surface area (Å²) in [5.41, 5.74) is 1.70. The van der Waals surface area contributed by atoms with E-state index in [-0.39, 0.29) is 6.09 Å². The van der Waals surface area contributed by atoms with Gasteiger partial charge in [0.1, 0.15) is 17.1 Å². The number of benzene rings is 1. The van der Waals surface area contributed by atoms with Crippen molar-refractivity contribution in [2.75, 3.05) is 20.8 Å². The van der Waals surface area contributed by atoms with E-state index in [0.717, 1.165) is 29.0 Å². The van der Waals surface area contributed by atoms with Crippen LogP contribution in [0, 0.1) is 0 Å². The first kappa shape index (κ1) is 15.5. The Morgan fingerprint density at radius 1 is 1.19 bits per heavy atom. The van der Waals surface area contributed by atoms with Crippen LogP contribution in [-0.2, 0) is 17.7 Å². The summed E-state index contributed by atoms with van der Waals surface area (Å²) in [7, 11) is 3.27. The van der Waals surface area contributed by atoms with Crippen LogP contribution in [-0.4, -0.2) is 37.4 Å². The van der Waals surface area contributed by atoms with Gasteiger partial charge in [0.15, 0.2) is 0 Å². The van der Waals surface area contributed by atoms with Crippen molar-refractivity contribution < 1.29 is 19.0 Å². The Morgan fingerprint density at radius 3 is 2.48 bits per heavy atom. The van der Waals surface area contributed by atoms with Crippen molar-refractivity contribution in [3.05, 3.63) is 23.3 Å². The topological polar surface area (TPSA) is 48.0 Å². The normalized spacial score (nSPS) is 14.4. The van der Waals surface area contributed by atoms with Crippen LogP contribution in [0.2, 0.25) is 0 Å². The van der Waals surface area contributed by atoms with Crippen molar-refractivity contribution in [2.24, 2.45) is 0 Å². The third-order valence-electron chi connectivity index (χ3n) is 3.38. The second-order valence-corrected chi connectivity index (χ2v) is 6.12. The second kappa shape index (κ2) is 5.84. The molecule has 2 rings (SSSR count). The van der Waals surface area contributed by atoms with Gasteiger partial charge in [-0.1, -0.05) is 0 Å². The van der Waals surface area contributed by atoms with E-state index in [1.165, 1.54) is 0 Å². The number of amides is 1. The minimum absolute atomic E-state index is 0.282. The molecule has 0 spiro atoms. The summed E-state index contributed by atoms with van der Waals surface area (Å²) in [6.45, 7) is 6.75. The Bertz CT molecular complexity index is 534. The van der Waals surface area contributed by atoms with Gasteiger partial charge in [-0.15, -0.1) is 0 Å². The van der Waals surface area contributed by atoms with E-state index < -0.39 is 5.60 Å². The number of rotatable bonds is 2. The van der Waals surface area contributed by atoms with Gasteiger partial charge in [0.05, 0.1) is 14.2 Å². The Balaban J connectivity index is 2.21. The molecule has 21 heavy (non-hydrogen) atoms. The predicted octanol–water partition coefficient (Wildman–Crippen LogP) is 3.00. The molecule has 0 aromatic heterocycles. The molecule has 5 nitrogen and oxygen atoms in total. The van der Waals surface area contributed by atoms with Crippen LogP contribution in [0.15, 0.2) is 12.1 Å². The third-order valence-corrected chi connectivity index (χ3v) is 3.38. The lowest BCUT2D eigenvalue weighted by Gasteiger charge is -2.32. The highest BCUT2D eigenvalue weighted by Gasteiger charge is 2.27. The largest absolute Gasteiger partial charge is 0.497 e. The summed E-state index contributed by atoms with van der Waals surface area (Å²) in [5, 5.41) is 0. The highest BCUT2D eigenvalue weighted by atomic mass is 16.6. The highest BCUT2D eigenvalue weighted by Crippen LogP contribution is 2.33. The van der Waals surface area contributed by atoms with Crippen molar-refractivity contribution in [1.29, 1.82) is 0 Å². The zero-order chi connectivity index (χ0) is 15.6. The van der Waals surface area contributed by atoms with Gasteiger partial charge in [-0.3, -0.25) is 0 Å². The number of carbonyl (C=O) groups is 1. The lowest BCUT2D eigenvalue weighted by Crippen LogP contribution is -2.40. The second-order valence-electron chi connectivity index (χ2n) is 6.12. The molecule has 0 saturated carbocycles. The Morgan fingerprint density at radius 2 is 1.90 bits per heavy atom. The number of carbonyl (C=O) groups excluding carboxylic acids is 1. The first-order chi connectivity index (χ1) is 9.84. The van der Waals surface area contributed by atoms with E-state index in [0.29, 0.717) is 13.1 Å². The highest BCUT2D eigenvalue weighted by molar-refractivity contribution is 5.69. The van der Waals surface area contributed by atoms with Gasteiger partial charge >= 0.3 is 6.09 Å². The minimum Gasteiger partial charge on any atom is -0.497 e. The van der Waals surface area contributed by atoms with E-state index in [4.69, 9.17) is 14.2 Å². The van der Waals surface area contributed by atoms with Crippen LogP contribution >= 0.6 is 0 Å². The molecular formula is C16H23NO4. The van der Waals surface area contributed by atoms with Crippen molar-refractivity contribution >= 4 is 6.09 Å². The van der Waals surface area contributed by atoms with Gasteiger partial charge in [0, 0.05) is 24.7 Å². The van der Waals surface area contributed by atoms with Crippen molar-refractivity contribution in [2.45, 2.75) is 39.3 Å². The number of ether oxygens (including phenoxy) is 3. The molecule has 1 heterocycles. The van der Waals surface area contributed by atoms with E-state index in [9.17, 15) is 4.79 Å². The first-order valence-corrected chi connectivity index (χ1v) is 7.05. The molecule has 1 amide bonds. The van der Waals surface area contributed by atoms with Crippen LogP contribution in [0.25, 0.3) is 0 Å². The van der Waals surface area contributed by atoms with Crippen molar-refractivity contribution in [1.82, 2.24) is 4.90 Å². The fourth-order valence-electron chi connectivity index (χ4n) is 2.41. The zero-order valence-electron chi connectivity index (χ0n) is 13.4. The van der Waals surface area contributed by atoms with Crippen LogP contribution in [0.3, 0.4) is 0 Å². The smallest absolute Gasteiger partial charge is 0.410 e. The lowest BCUT2D eigenvalue weighted by molar-refractivity contribution is 0.0223. The number of fused-ring (bicyclic) bond motifs is 1.